The van der Waals surface area contributed by atoms with E-state index in [2.05, 4.69) is 10.6 Å². The first-order chi connectivity index (χ1) is 17.0. The van der Waals surface area contributed by atoms with Crippen molar-refractivity contribution in [2.45, 2.75) is 30.4 Å². The number of ether oxygens (including phenoxy) is 3. The molecule has 2 amide bonds. The SMILES string of the molecule is CCOc1ccccc1NC(=O)C(CC)Sc1cccc(NC(=O)c2c(OC)cccc2OC)c1. The molecule has 2 N–H and O–H groups in total. The zero-order valence-corrected chi connectivity index (χ0v) is 21.1. The Morgan fingerprint density at radius 2 is 1.51 bits per heavy atom. The summed E-state index contributed by atoms with van der Waals surface area (Å²) in [6, 6.07) is 19.9. The van der Waals surface area contributed by atoms with Crippen LogP contribution in [-0.2, 0) is 4.79 Å². The molecule has 1 unspecified atom stereocenters. The topological polar surface area (TPSA) is 85.9 Å². The second-order valence-corrected chi connectivity index (χ2v) is 8.73. The summed E-state index contributed by atoms with van der Waals surface area (Å²) in [6.45, 7) is 4.38. The second kappa shape index (κ2) is 12.7. The van der Waals surface area contributed by atoms with Crippen LogP contribution in [0.4, 0.5) is 11.4 Å². The van der Waals surface area contributed by atoms with E-state index in [0.717, 1.165) is 4.90 Å². The van der Waals surface area contributed by atoms with Crippen LogP contribution in [0.5, 0.6) is 17.2 Å². The first-order valence-corrected chi connectivity index (χ1v) is 12.2. The predicted molar refractivity (Wildman–Crippen MR) is 140 cm³/mol. The molecule has 0 saturated heterocycles. The van der Waals surface area contributed by atoms with Crippen LogP contribution >= 0.6 is 11.8 Å². The molecule has 184 valence electrons. The maximum Gasteiger partial charge on any atom is 0.263 e. The highest BCUT2D eigenvalue weighted by Gasteiger charge is 2.21. The third-order valence-corrected chi connectivity index (χ3v) is 6.49. The number of thioether (sulfide) groups is 1. The van der Waals surface area contributed by atoms with Crippen LogP contribution < -0.4 is 24.8 Å². The summed E-state index contributed by atoms with van der Waals surface area (Å²) in [6.07, 6.45) is 0.627. The molecule has 0 radical (unpaired) electrons. The van der Waals surface area contributed by atoms with Crippen molar-refractivity contribution in [1.29, 1.82) is 0 Å². The number of hydrogen-bond acceptors (Lipinski definition) is 6. The molecule has 0 aliphatic heterocycles. The molecule has 0 aromatic heterocycles. The Kier molecular flexibility index (Phi) is 9.43. The fourth-order valence-corrected chi connectivity index (χ4v) is 4.48. The van der Waals surface area contributed by atoms with Crippen LogP contribution in [0.1, 0.15) is 30.6 Å². The number of carbonyl (C=O) groups excluding carboxylic acids is 2. The van der Waals surface area contributed by atoms with Gasteiger partial charge in [0, 0.05) is 10.6 Å². The molecule has 0 aliphatic rings. The highest BCUT2D eigenvalue weighted by Crippen LogP contribution is 2.32. The van der Waals surface area contributed by atoms with Crippen LogP contribution in [0.2, 0.25) is 0 Å². The van der Waals surface area contributed by atoms with E-state index in [0.29, 0.717) is 47.2 Å². The fourth-order valence-electron chi connectivity index (χ4n) is 3.47. The quantitative estimate of drug-likeness (QED) is 0.325. The van der Waals surface area contributed by atoms with Gasteiger partial charge in [0.25, 0.3) is 5.91 Å². The normalized spacial score (nSPS) is 11.3. The zero-order chi connectivity index (χ0) is 25.2. The lowest BCUT2D eigenvalue weighted by atomic mass is 10.1. The maximum absolute atomic E-state index is 13.0. The number of carbonyl (C=O) groups is 2. The van der Waals surface area contributed by atoms with E-state index in [9.17, 15) is 9.59 Å². The summed E-state index contributed by atoms with van der Waals surface area (Å²) in [7, 11) is 3.01. The minimum Gasteiger partial charge on any atom is -0.496 e. The number of rotatable bonds is 11. The van der Waals surface area contributed by atoms with Crippen LogP contribution in [0.25, 0.3) is 0 Å². The smallest absolute Gasteiger partial charge is 0.263 e. The van der Waals surface area contributed by atoms with Gasteiger partial charge in [-0.2, -0.15) is 0 Å². The molecule has 0 bridgehead atoms. The van der Waals surface area contributed by atoms with Crippen molar-refractivity contribution in [3.05, 3.63) is 72.3 Å². The molecule has 7 nitrogen and oxygen atoms in total. The summed E-state index contributed by atoms with van der Waals surface area (Å²) in [5.41, 5.74) is 1.56. The predicted octanol–water partition coefficient (Wildman–Crippen LogP) is 5.86. The van der Waals surface area contributed by atoms with Crippen molar-refractivity contribution in [3.8, 4) is 17.2 Å². The van der Waals surface area contributed by atoms with Gasteiger partial charge in [-0.1, -0.05) is 31.2 Å². The largest absolute Gasteiger partial charge is 0.496 e. The van der Waals surface area contributed by atoms with Crippen molar-refractivity contribution in [1.82, 2.24) is 0 Å². The molecule has 35 heavy (non-hydrogen) atoms. The lowest BCUT2D eigenvalue weighted by Gasteiger charge is -2.17. The van der Waals surface area contributed by atoms with E-state index in [1.54, 1.807) is 24.3 Å². The fraction of sp³-hybridized carbons (Fsp3) is 0.259. The number of para-hydroxylation sites is 2. The van der Waals surface area contributed by atoms with Crippen LogP contribution in [0.3, 0.4) is 0 Å². The van der Waals surface area contributed by atoms with E-state index < -0.39 is 0 Å². The van der Waals surface area contributed by atoms with E-state index in [1.165, 1.54) is 26.0 Å². The molecule has 8 heteroatoms. The van der Waals surface area contributed by atoms with E-state index in [1.807, 2.05) is 56.3 Å². The molecule has 3 aromatic rings. The molecule has 0 aliphatic carbocycles. The van der Waals surface area contributed by atoms with Gasteiger partial charge in [-0.05, 0) is 55.8 Å². The molecule has 0 fully saturated rings. The first kappa shape index (κ1) is 26.0. The number of benzene rings is 3. The Morgan fingerprint density at radius 1 is 0.857 bits per heavy atom. The number of anilines is 2. The number of hydrogen-bond donors (Lipinski definition) is 2. The van der Waals surface area contributed by atoms with Gasteiger partial charge < -0.3 is 24.8 Å². The van der Waals surface area contributed by atoms with E-state index in [4.69, 9.17) is 14.2 Å². The van der Waals surface area contributed by atoms with Crippen molar-refractivity contribution in [2.75, 3.05) is 31.5 Å². The summed E-state index contributed by atoms with van der Waals surface area (Å²) < 4.78 is 16.3. The average molecular weight is 495 g/mol. The summed E-state index contributed by atoms with van der Waals surface area (Å²) in [5, 5.41) is 5.55. The average Bonchev–Trinajstić information content (AvgIpc) is 2.88. The Hall–Kier alpha value is -3.65. The summed E-state index contributed by atoms with van der Waals surface area (Å²) >= 11 is 1.43. The van der Waals surface area contributed by atoms with Gasteiger partial charge in [0.15, 0.2) is 0 Å². The molecule has 0 saturated carbocycles. The monoisotopic (exact) mass is 494 g/mol. The van der Waals surface area contributed by atoms with E-state index >= 15 is 0 Å². The van der Waals surface area contributed by atoms with Crippen LogP contribution in [-0.4, -0.2) is 37.9 Å². The van der Waals surface area contributed by atoms with Crippen LogP contribution in [0.15, 0.2) is 71.6 Å². The van der Waals surface area contributed by atoms with Gasteiger partial charge in [0.05, 0.1) is 31.8 Å². The number of methoxy groups -OCH3 is 2. The van der Waals surface area contributed by atoms with Crippen molar-refractivity contribution >= 4 is 35.0 Å². The van der Waals surface area contributed by atoms with Crippen LogP contribution in [0, 0.1) is 0 Å². The van der Waals surface area contributed by atoms with Gasteiger partial charge in [-0.25, -0.2) is 0 Å². The van der Waals surface area contributed by atoms with Crippen molar-refractivity contribution in [3.63, 3.8) is 0 Å². The molecule has 3 aromatic carbocycles. The minimum atomic E-state index is -0.348. The van der Waals surface area contributed by atoms with Gasteiger partial charge in [-0.15, -0.1) is 11.8 Å². The molecular formula is C27H30N2O5S. The lowest BCUT2D eigenvalue weighted by molar-refractivity contribution is -0.115. The second-order valence-electron chi connectivity index (χ2n) is 7.45. The Balaban J connectivity index is 1.73. The Morgan fingerprint density at radius 3 is 2.17 bits per heavy atom. The Bertz CT molecular complexity index is 1150. The van der Waals surface area contributed by atoms with E-state index in [-0.39, 0.29) is 17.1 Å². The lowest BCUT2D eigenvalue weighted by Crippen LogP contribution is -2.24. The Labute approximate surface area is 210 Å². The molecule has 1 atom stereocenters. The zero-order valence-electron chi connectivity index (χ0n) is 20.3. The van der Waals surface area contributed by atoms with Gasteiger partial charge in [-0.3, -0.25) is 9.59 Å². The standard InChI is InChI=1S/C27H30N2O5S/c1-5-24(26(30)29-20-13-7-8-14-21(20)34-6-2)35-19-12-9-11-18(17-19)28-27(31)25-22(32-3)15-10-16-23(25)33-4/h7-17,24H,5-6H2,1-4H3,(H,28,31)(H,29,30). The van der Waals surface area contributed by atoms with Crippen molar-refractivity contribution < 1.29 is 23.8 Å². The summed E-state index contributed by atoms with van der Waals surface area (Å²) in [5.74, 6) is 1.01. The highest BCUT2D eigenvalue weighted by molar-refractivity contribution is 8.00. The third kappa shape index (κ3) is 6.70. The van der Waals surface area contributed by atoms with Gasteiger partial charge in [0.1, 0.15) is 22.8 Å². The number of nitrogens with one attached hydrogen (secondary N) is 2. The van der Waals surface area contributed by atoms with Gasteiger partial charge in [0.2, 0.25) is 5.91 Å². The third-order valence-electron chi connectivity index (χ3n) is 5.13. The van der Waals surface area contributed by atoms with Crippen molar-refractivity contribution in [2.24, 2.45) is 0 Å². The minimum absolute atomic E-state index is 0.113. The van der Waals surface area contributed by atoms with Gasteiger partial charge >= 0.3 is 0 Å². The molecule has 3 rings (SSSR count). The number of amides is 2. The summed E-state index contributed by atoms with van der Waals surface area (Å²) in [4.78, 5) is 26.9. The highest BCUT2D eigenvalue weighted by atomic mass is 32.2. The molecular weight excluding hydrogens is 464 g/mol. The molecule has 0 spiro atoms. The maximum atomic E-state index is 13.0. The first-order valence-electron chi connectivity index (χ1n) is 11.3. The molecule has 0 heterocycles.